The molecule has 0 aliphatic carbocycles. The third kappa shape index (κ3) is 4.66. The lowest BCUT2D eigenvalue weighted by Gasteiger charge is -2.04. The molecular weight excluding hydrogens is 276 g/mol. The Bertz CT molecular complexity index is 511. The molecule has 0 spiro atoms. The number of carbonyl (C=O) groups excluding carboxylic acids is 2. The second-order valence-corrected chi connectivity index (χ2v) is 4.55. The molecule has 1 aromatic rings. The van der Waals surface area contributed by atoms with E-state index in [1.807, 2.05) is 18.2 Å². The van der Waals surface area contributed by atoms with Gasteiger partial charge in [-0.25, -0.2) is 4.79 Å². The lowest BCUT2D eigenvalue weighted by Crippen LogP contribution is -2.13. The second kappa shape index (κ2) is 7.52. The number of carbonyl (C=O) groups is 2. The number of benzene rings is 1. The van der Waals surface area contributed by atoms with E-state index >= 15 is 0 Å². The molecule has 1 aliphatic rings. The van der Waals surface area contributed by atoms with Crippen LogP contribution < -0.4 is 9.47 Å². The molecule has 0 bridgehead atoms. The predicted octanol–water partition coefficient (Wildman–Crippen LogP) is 2.83. The predicted molar refractivity (Wildman–Crippen MR) is 73.2 cm³/mol. The van der Waals surface area contributed by atoms with Gasteiger partial charge in [-0.3, -0.25) is 4.79 Å². The van der Waals surface area contributed by atoms with Gasteiger partial charge in [0.15, 0.2) is 11.5 Å². The van der Waals surface area contributed by atoms with E-state index in [4.69, 9.17) is 9.47 Å². The minimum absolute atomic E-state index is 0.191. The van der Waals surface area contributed by atoms with Crippen molar-refractivity contribution in [3.05, 3.63) is 23.8 Å². The Labute approximate surface area is 122 Å². The minimum Gasteiger partial charge on any atom is -0.454 e. The van der Waals surface area contributed by atoms with Crippen molar-refractivity contribution in [3.63, 3.8) is 0 Å². The Morgan fingerprint density at radius 1 is 1.19 bits per heavy atom. The first-order valence-electron chi connectivity index (χ1n) is 6.95. The first-order valence-corrected chi connectivity index (χ1v) is 6.95. The summed E-state index contributed by atoms with van der Waals surface area (Å²) in [5.74, 6) is 0.963. The maximum atomic E-state index is 11.3. The standard InChI is InChI=1S/C15H18O6/c1-2-18-15(17)21-14(16)6-4-3-5-11-7-8-12-13(9-11)20-10-19-12/h7-9H,2-6,10H2,1H3. The zero-order valence-corrected chi connectivity index (χ0v) is 11.9. The number of aryl methyl sites for hydroxylation is 1. The molecule has 1 aromatic carbocycles. The molecule has 1 heterocycles. The van der Waals surface area contributed by atoms with Crippen molar-refractivity contribution in [1.82, 2.24) is 0 Å². The highest BCUT2D eigenvalue weighted by atomic mass is 16.7. The van der Waals surface area contributed by atoms with E-state index in [0.29, 0.717) is 6.42 Å². The molecule has 6 heteroatoms. The number of hydrogen-bond acceptors (Lipinski definition) is 6. The Hall–Kier alpha value is -2.24. The summed E-state index contributed by atoms with van der Waals surface area (Å²) in [6.45, 7) is 2.10. The first kappa shape index (κ1) is 15.2. The van der Waals surface area contributed by atoms with Crippen molar-refractivity contribution in [2.45, 2.75) is 32.6 Å². The summed E-state index contributed by atoms with van der Waals surface area (Å²) in [5.41, 5.74) is 1.12. The van der Waals surface area contributed by atoms with Crippen LogP contribution in [0.2, 0.25) is 0 Å². The monoisotopic (exact) mass is 294 g/mol. The number of esters is 1. The summed E-state index contributed by atoms with van der Waals surface area (Å²) >= 11 is 0. The summed E-state index contributed by atoms with van der Waals surface area (Å²) in [5, 5.41) is 0. The molecule has 6 nitrogen and oxygen atoms in total. The molecule has 1 aliphatic heterocycles. The number of unbranched alkanes of at least 4 members (excludes halogenated alkanes) is 1. The van der Waals surface area contributed by atoms with Crippen LogP contribution in [-0.2, 0) is 20.7 Å². The Morgan fingerprint density at radius 2 is 2.00 bits per heavy atom. The van der Waals surface area contributed by atoms with Gasteiger partial charge in [0.1, 0.15) is 0 Å². The van der Waals surface area contributed by atoms with Gasteiger partial charge in [-0.15, -0.1) is 0 Å². The summed E-state index contributed by atoms with van der Waals surface area (Å²) in [4.78, 5) is 22.3. The van der Waals surface area contributed by atoms with E-state index in [1.54, 1.807) is 6.92 Å². The van der Waals surface area contributed by atoms with Crippen molar-refractivity contribution in [2.24, 2.45) is 0 Å². The minimum atomic E-state index is -0.932. The van der Waals surface area contributed by atoms with E-state index in [1.165, 1.54) is 0 Å². The molecule has 0 atom stereocenters. The third-order valence-electron chi connectivity index (χ3n) is 2.99. The maximum Gasteiger partial charge on any atom is 0.516 e. The van der Waals surface area contributed by atoms with Crippen molar-refractivity contribution in [3.8, 4) is 11.5 Å². The summed E-state index contributed by atoms with van der Waals surface area (Å²) in [6.07, 6.45) is 1.55. The first-order chi connectivity index (χ1) is 10.2. The maximum absolute atomic E-state index is 11.3. The Balaban J connectivity index is 1.65. The van der Waals surface area contributed by atoms with E-state index < -0.39 is 12.1 Å². The van der Waals surface area contributed by atoms with Crippen LogP contribution in [-0.4, -0.2) is 25.5 Å². The highest BCUT2D eigenvalue weighted by Crippen LogP contribution is 2.32. The fourth-order valence-electron chi connectivity index (χ4n) is 1.99. The van der Waals surface area contributed by atoms with Crippen LogP contribution in [0.1, 0.15) is 31.7 Å². The third-order valence-corrected chi connectivity index (χ3v) is 2.99. The normalized spacial score (nSPS) is 12.0. The molecule has 0 saturated heterocycles. The fraction of sp³-hybridized carbons (Fsp3) is 0.467. The molecule has 0 amide bonds. The van der Waals surface area contributed by atoms with E-state index in [2.05, 4.69) is 9.47 Å². The SMILES string of the molecule is CCOC(=O)OC(=O)CCCCc1ccc2c(c1)OCO2. The van der Waals surface area contributed by atoms with Crippen LogP contribution in [0.4, 0.5) is 4.79 Å². The van der Waals surface area contributed by atoms with Crippen LogP contribution >= 0.6 is 0 Å². The summed E-state index contributed by atoms with van der Waals surface area (Å²) in [6, 6.07) is 5.80. The van der Waals surface area contributed by atoms with Crippen molar-refractivity contribution in [1.29, 1.82) is 0 Å². The number of ether oxygens (including phenoxy) is 4. The Morgan fingerprint density at radius 3 is 2.81 bits per heavy atom. The van der Waals surface area contributed by atoms with Gasteiger partial charge in [0.2, 0.25) is 6.79 Å². The molecule has 0 radical (unpaired) electrons. The largest absolute Gasteiger partial charge is 0.516 e. The van der Waals surface area contributed by atoms with Crippen LogP contribution in [0.15, 0.2) is 18.2 Å². The molecule has 0 N–H and O–H groups in total. The van der Waals surface area contributed by atoms with Gasteiger partial charge in [-0.2, -0.15) is 0 Å². The average molecular weight is 294 g/mol. The lowest BCUT2D eigenvalue weighted by atomic mass is 10.1. The number of rotatable bonds is 6. The zero-order valence-electron chi connectivity index (χ0n) is 11.9. The molecule has 2 rings (SSSR count). The Kier molecular flexibility index (Phi) is 5.43. The van der Waals surface area contributed by atoms with Crippen LogP contribution in [0, 0.1) is 0 Å². The van der Waals surface area contributed by atoms with Gasteiger partial charge >= 0.3 is 12.1 Å². The number of hydrogen-bond donors (Lipinski definition) is 0. The van der Waals surface area contributed by atoms with Gasteiger partial charge in [0.25, 0.3) is 0 Å². The van der Waals surface area contributed by atoms with Crippen LogP contribution in [0.3, 0.4) is 0 Å². The highest BCUT2D eigenvalue weighted by molar-refractivity contribution is 5.81. The van der Waals surface area contributed by atoms with Gasteiger partial charge in [-0.05, 0) is 43.9 Å². The number of fused-ring (bicyclic) bond motifs is 1. The van der Waals surface area contributed by atoms with Crippen LogP contribution in [0.25, 0.3) is 0 Å². The summed E-state index contributed by atoms with van der Waals surface area (Å²) in [7, 11) is 0. The van der Waals surface area contributed by atoms with Crippen LogP contribution in [0.5, 0.6) is 11.5 Å². The smallest absolute Gasteiger partial charge is 0.454 e. The van der Waals surface area contributed by atoms with Gasteiger partial charge in [0.05, 0.1) is 6.61 Å². The molecule has 0 saturated carbocycles. The molecule has 0 unspecified atom stereocenters. The van der Waals surface area contributed by atoms with E-state index in [-0.39, 0.29) is 19.8 Å². The molecule has 114 valence electrons. The zero-order chi connectivity index (χ0) is 15.1. The van der Waals surface area contributed by atoms with Gasteiger partial charge in [-0.1, -0.05) is 6.07 Å². The molecular formula is C15H18O6. The highest BCUT2D eigenvalue weighted by Gasteiger charge is 2.13. The van der Waals surface area contributed by atoms with Crippen molar-refractivity contribution >= 4 is 12.1 Å². The molecule has 21 heavy (non-hydrogen) atoms. The van der Waals surface area contributed by atoms with Crippen molar-refractivity contribution in [2.75, 3.05) is 13.4 Å². The van der Waals surface area contributed by atoms with E-state index in [0.717, 1.165) is 29.9 Å². The second-order valence-electron chi connectivity index (χ2n) is 4.55. The van der Waals surface area contributed by atoms with Gasteiger partial charge in [0, 0.05) is 6.42 Å². The summed E-state index contributed by atoms with van der Waals surface area (Å²) < 4.78 is 19.5. The van der Waals surface area contributed by atoms with Crippen molar-refractivity contribution < 1.29 is 28.5 Å². The fourth-order valence-corrected chi connectivity index (χ4v) is 1.99. The average Bonchev–Trinajstić information content (AvgIpc) is 2.91. The quantitative estimate of drug-likeness (QED) is 0.456. The topological polar surface area (TPSA) is 71.1 Å². The lowest BCUT2D eigenvalue weighted by molar-refractivity contribution is -0.139. The molecule has 0 aromatic heterocycles. The van der Waals surface area contributed by atoms with Gasteiger partial charge < -0.3 is 18.9 Å². The van der Waals surface area contributed by atoms with E-state index in [9.17, 15) is 9.59 Å². The molecule has 0 fully saturated rings.